The van der Waals surface area contributed by atoms with Crippen molar-refractivity contribution in [2.45, 2.75) is 44.5 Å². The quantitative estimate of drug-likeness (QED) is 0.171. The van der Waals surface area contributed by atoms with Gasteiger partial charge in [-0.3, -0.25) is 14.8 Å². The molecule has 1 atom stereocenters. The molecule has 3 aromatic rings. The summed E-state index contributed by atoms with van der Waals surface area (Å²) >= 11 is 0. The van der Waals surface area contributed by atoms with Crippen LogP contribution in [0.3, 0.4) is 0 Å². The van der Waals surface area contributed by atoms with Gasteiger partial charge in [0, 0.05) is 37.4 Å². The number of ether oxygens (including phenoxy) is 3. The Morgan fingerprint density at radius 3 is 1.93 bits per heavy atom. The summed E-state index contributed by atoms with van der Waals surface area (Å²) in [6, 6.07) is 11.5. The van der Waals surface area contributed by atoms with Gasteiger partial charge in [0.05, 0.1) is 38.2 Å². The van der Waals surface area contributed by atoms with Crippen LogP contribution in [0.1, 0.15) is 16.8 Å². The molecule has 24 heteroatoms. The van der Waals surface area contributed by atoms with E-state index in [9.17, 15) is 44.3 Å². The van der Waals surface area contributed by atoms with E-state index in [1.807, 2.05) is 43.3 Å². The lowest BCUT2D eigenvalue weighted by atomic mass is 9.95. The predicted molar refractivity (Wildman–Crippen MR) is 179 cm³/mol. The number of alkyl halides is 9. The summed E-state index contributed by atoms with van der Waals surface area (Å²) in [5.41, 5.74) is 5.94. The summed E-state index contributed by atoms with van der Waals surface area (Å²) in [4.78, 5) is 42.3. The Morgan fingerprint density at radius 2 is 1.44 bits per heavy atom. The van der Waals surface area contributed by atoms with Crippen molar-refractivity contribution in [3.63, 3.8) is 0 Å². The Labute approximate surface area is 316 Å². The minimum Gasteiger partial charge on any atom is -0.497 e. The number of morpholine rings is 1. The molecule has 1 amide bonds. The Hall–Kier alpha value is -5.62. The number of aliphatic carboxylic acids is 3. The zero-order valence-electron chi connectivity index (χ0n) is 29.8. The van der Waals surface area contributed by atoms with E-state index in [1.165, 1.54) is 5.56 Å². The summed E-state index contributed by atoms with van der Waals surface area (Å²) < 4.78 is 112. The van der Waals surface area contributed by atoms with Gasteiger partial charge in [-0.25, -0.2) is 14.4 Å². The smallest absolute Gasteiger partial charge is 0.490 e. The molecule has 0 aliphatic carbocycles. The van der Waals surface area contributed by atoms with Gasteiger partial charge in [0.15, 0.2) is 0 Å². The molecule has 2 aromatic carbocycles. The van der Waals surface area contributed by atoms with Crippen LogP contribution in [0.2, 0.25) is 0 Å². The summed E-state index contributed by atoms with van der Waals surface area (Å²) in [6.07, 6.45) is -12.9. The number of hydrogen-bond acceptors (Lipinski definition) is 10. The third-order valence-corrected chi connectivity index (χ3v) is 7.57. The average molecular weight is 834 g/mol. The topological polar surface area (TPSA) is 213 Å². The van der Waals surface area contributed by atoms with Crippen molar-refractivity contribution < 1.29 is 88.2 Å². The van der Waals surface area contributed by atoms with Crippen LogP contribution in [-0.4, -0.2) is 125 Å². The fourth-order valence-electron chi connectivity index (χ4n) is 4.69. The molecule has 0 radical (unpaired) electrons. The highest BCUT2D eigenvalue weighted by Gasteiger charge is 2.39. The van der Waals surface area contributed by atoms with Crippen molar-refractivity contribution in [3.05, 3.63) is 59.4 Å². The Kier molecular flexibility index (Phi) is 17.6. The minimum atomic E-state index is -5.08. The van der Waals surface area contributed by atoms with Crippen molar-refractivity contribution in [1.29, 1.82) is 0 Å². The lowest BCUT2D eigenvalue weighted by Gasteiger charge is -2.27. The third kappa shape index (κ3) is 16.2. The largest absolute Gasteiger partial charge is 0.497 e. The Balaban J connectivity index is 0.000000438. The molecule has 57 heavy (non-hydrogen) atoms. The highest BCUT2D eigenvalue weighted by Crippen LogP contribution is 2.33. The number of methoxy groups -OCH3 is 1. The predicted octanol–water partition coefficient (Wildman–Crippen LogP) is 4.66. The molecule has 2 aliphatic rings. The molecule has 3 heterocycles. The first-order valence-corrected chi connectivity index (χ1v) is 16.1. The van der Waals surface area contributed by atoms with Gasteiger partial charge in [0.25, 0.3) is 0 Å². The maximum absolute atomic E-state index is 13.3. The molecule has 2 aliphatic heterocycles. The number of amides is 1. The van der Waals surface area contributed by atoms with Gasteiger partial charge in [-0.1, -0.05) is 12.1 Å². The number of carboxylic acids is 3. The number of hydrogen-bond donors (Lipinski definition) is 6. The number of nitrogens with zero attached hydrogens (tertiary/aromatic N) is 2. The molecular formula is C33H36F9N5O10. The van der Waals surface area contributed by atoms with Gasteiger partial charge in [-0.05, 0) is 54.3 Å². The molecule has 1 aromatic heterocycles. The summed E-state index contributed by atoms with van der Waals surface area (Å²) in [5, 5.41) is 35.0. The van der Waals surface area contributed by atoms with Gasteiger partial charge in [-0.2, -0.15) is 44.6 Å². The minimum absolute atomic E-state index is 0.0891. The van der Waals surface area contributed by atoms with Crippen molar-refractivity contribution >= 4 is 29.5 Å². The van der Waals surface area contributed by atoms with Crippen LogP contribution in [0.4, 0.5) is 45.2 Å². The highest BCUT2D eigenvalue weighted by atomic mass is 19.4. The number of rotatable bonds is 8. The van der Waals surface area contributed by atoms with E-state index >= 15 is 0 Å². The first kappa shape index (κ1) is 47.5. The SMILES string of the molecule is COc1ccc2c(c1)C[C@H](C(=O)Nc1ccc(-c3cn[nH]c3C)cc1OCCN1CCOCC1)NC2.O=C(O)C(F)(F)F.O=C(O)C(F)(F)F.O=C(O)C(F)(F)F. The van der Waals surface area contributed by atoms with E-state index in [0.717, 1.165) is 61.0 Å². The van der Waals surface area contributed by atoms with E-state index in [-0.39, 0.29) is 11.9 Å². The number of aryl methyl sites for hydroxylation is 1. The monoisotopic (exact) mass is 833 g/mol. The standard InChI is InChI=1S/C27H33N5O4.3C2HF3O2/c1-18-23(17-29-31-18)19-4-6-24(26(15-19)36-12-9-32-7-10-35-11-8-32)30-27(33)25-14-21-13-22(34-2)5-3-20(21)16-28-25;3*3-2(4,5)1(6)7/h3-6,13,15,17,25,28H,7-12,14,16H2,1-2H3,(H,29,31)(H,30,33);3*(H,6,7)/t25-;;;/m1.../s1. The first-order chi connectivity index (χ1) is 26.4. The number of aromatic nitrogens is 2. The van der Waals surface area contributed by atoms with E-state index in [2.05, 4.69) is 25.7 Å². The summed E-state index contributed by atoms with van der Waals surface area (Å²) in [6.45, 7) is 7.25. The molecule has 0 spiro atoms. The van der Waals surface area contributed by atoms with E-state index < -0.39 is 36.4 Å². The molecule has 5 rings (SSSR count). The van der Waals surface area contributed by atoms with Gasteiger partial charge in [0.1, 0.15) is 18.1 Å². The van der Waals surface area contributed by atoms with Crippen LogP contribution in [-0.2, 0) is 36.9 Å². The van der Waals surface area contributed by atoms with Crippen molar-refractivity contribution in [3.8, 4) is 22.6 Å². The fourth-order valence-corrected chi connectivity index (χ4v) is 4.69. The zero-order chi connectivity index (χ0) is 43.1. The van der Waals surface area contributed by atoms with Crippen LogP contribution in [0.25, 0.3) is 11.1 Å². The molecular weight excluding hydrogens is 797 g/mol. The lowest BCUT2D eigenvalue weighted by Crippen LogP contribution is -2.44. The number of carboxylic acid groups (broad SMARTS) is 3. The average Bonchev–Trinajstić information content (AvgIpc) is 3.57. The molecule has 1 saturated heterocycles. The number of anilines is 1. The number of carbonyl (C=O) groups excluding carboxylic acids is 1. The van der Waals surface area contributed by atoms with Gasteiger partial charge in [0.2, 0.25) is 5.91 Å². The number of H-pyrrole nitrogens is 1. The van der Waals surface area contributed by atoms with Crippen molar-refractivity contribution in [1.82, 2.24) is 20.4 Å². The van der Waals surface area contributed by atoms with Gasteiger partial charge < -0.3 is 40.2 Å². The first-order valence-electron chi connectivity index (χ1n) is 16.1. The summed E-state index contributed by atoms with van der Waals surface area (Å²) in [7, 11) is 1.66. The second-order valence-corrected chi connectivity index (χ2v) is 11.6. The number of carbonyl (C=O) groups is 4. The Morgan fingerprint density at radius 1 is 0.877 bits per heavy atom. The van der Waals surface area contributed by atoms with Crippen LogP contribution in [0.15, 0.2) is 42.6 Å². The van der Waals surface area contributed by atoms with E-state index in [4.69, 9.17) is 43.9 Å². The third-order valence-electron chi connectivity index (χ3n) is 7.57. The number of fused-ring (bicyclic) bond motifs is 1. The number of nitrogens with one attached hydrogen (secondary N) is 3. The summed E-state index contributed by atoms with van der Waals surface area (Å²) in [5.74, 6) is -6.91. The molecule has 1 fully saturated rings. The molecule has 316 valence electrons. The number of benzene rings is 2. The molecule has 0 saturated carbocycles. The van der Waals surface area contributed by atoms with Crippen LogP contribution < -0.4 is 20.1 Å². The van der Waals surface area contributed by atoms with Crippen LogP contribution in [0, 0.1) is 6.92 Å². The van der Waals surface area contributed by atoms with Gasteiger partial charge >= 0.3 is 36.4 Å². The highest BCUT2D eigenvalue weighted by molar-refractivity contribution is 5.97. The van der Waals surface area contributed by atoms with Crippen LogP contribution in [0.5, 0.6) is 11.5 Å². The maximum Gasteiger partial charge on any atom is 0.490 e. The molecule has 0 unspecified atom stereocenters. The van der Waals surface area contributed by atoms with Gasteiger partial charge in [-0.15, -0.1) is 0 Å². The van der Waals surface area contributed by atoms with Crippen LogP contribution >= 0.6 is 0 Å². The normalized spacial score (nSPS) is 15.5. The molecule has 6 N–H and O–H groups in total. The van der Waals surface area contributed by atoms with E-state index in [1.54, 1.807) is 13.3 Å². The van der Waals surface area contributed by atoms with Crippen molar-refractivity contribution in [2.75, 3.05) is 51.9 Å². The molecule has 15 nitrogen and oxygen atoms in total. The number of aromatic amines is 1. The lowest BCUT2D eigenvalue weighted by molar-refractivity contribution is -0.193. The van der Waals surface area contributed by atoms with E-state index in [0.29, 0.717) is 31.0 Å². The fraction of sp³-hybridized carbons (Fsp3) is 0.424. The second-order valence-electron chi connectivity index (χ2n) is 11.6. The maximum atomic E-state index is 13.3. The number of halogens is 9. The van der Waals surface area contributed by atoms with Crippen molar-refractivity contribution in [2.24, 2.45) is 0 Å². The Bertz CT molecular complexity index is 1750. The second kappa shape index (κ2) is 21.1. The zero-order valence-corrected chi connectivity index (χ0v) is 29.8. The molecule has 0 bridgehead atoms.